The van der Waals surface area contributed by atoms with Crippen LogP contribution in [0.3, 0.4) is 0 Å². The molecule has 2 aliphatic heterocycles. The molecule has 2 N–H and O–H groups in total. The molecule has 0 aliphatic carbocycles. The summed E-state index contributed by atoms with van der Waals surface area (Å²) < 4.78 is 0. The van der Waals surface area contributed by atoms with Gasteiger partial charge in [-0.2, -0.15) is 0 Å². The first-order valence-electron chi connectivity index (χ1n) is 7.10. The Hall–Kier alpha value is -1.44. The lowest BCUT2D eigenvalue weighted by molar-refractivity contribution is -0.141. The molecule has 8 heteroatoms. The fourth-order valence-electron chi connectivity index (χ4n) is 2.60. The molecular weight excluding hydrogens is 294 g/mol. The van der Waals surface area contributed by atoms with Crippen LogP contribution in [0, 0.1) is 5.92 Å². The minimum absolute atomic E-state index is 0.0729. The molecule has 2 aliphatic rings. The summed E-state index contributed by atoms with van der Waals surface area (Å²) >= 11 is 1.51. The second kappa shape index (κ2) is 6.55. The molecular formula is C13H21N3O4S. The molecule has 2 unspecified atom stereocenters. The molecule has 0 saturated carbocycles. The zero-order chi connectivity index (χ0) is 15.6. The van der Waals surface area contributed by atoms with Crippen LogP contribution in [0.15, 0.2) is 0 Å². The first-order valence-corrected chi connectivity index (χ1v) is 8.15. The van der Waals surface area contributed by atoms with Gasteiger partial charge in [-0.1, -0.05) is 13.8 Å². The van der Waals surface area contributed by atoms with Crippen molar-refractivity contribution in [3.63, 3.8) is 0 Å². The van der Waals surface area contributed by atoms with Gasteiger partial charge in [-0.15, -0.1) is 11.8 Å². The highest BCUT2D eigenvalue weighted by Gasteiger charge is 2.44. The molecule has 2 saturated heterocycles. The van der Waals surface area contributed by atoms with Gasteiger partial charge in [-0.25, -0.2) is 9.59 Å². The summed E-state index contributed by atoms with van der Waals surface area (Å²) in [7, 11) is 0. The highest BCUT2D eigenvalue weighted by molar-refractivity contribution is 8.00. The van der Waals surface area contributed by atoms with Crippen molar-refractivity contribution in [2.45, 2.75) is 31.7 Å². The molecule has 118 valence electrons. The van der Waals surface area contributed by atoms with E-state index in [4.69, 9.17) is 0 Å². The van der Waals surface area contributed by atoms with Gasteiger partial charge in [0.25, 0.3) is 0 Å². The van der Waals surface area contributed by atoms with Crippen molar-refractivity contribution < 1.29 is 19.5 Å². The number of carbonyl (C=O) groups is 3. The maximum Gasteiger partial charge on any atom is 0.327 e. The Labute approximate surface area is 128 Å². The molecule has 2 atom stereocenters. The van der Waals surface area contributed by atoms with Crippen LogP contribution in [0.25, 0.3) is 0 Å². The van der Waals surface area contributed by atoms with E-state index in [1.807, 2.05) is 13.8 Å². The number of thioether (sulfide) groups is 1. The van der Waals surface area contributed by atoms with E-state index < -0.39 is 12.0 Å². The zero-order valence-corrected chi connectivity index (χ0v) is 13.1. The smallest absolute Gasteiger partial charge is 0.327 e. The van der Waals surface area contributed by atoms with E-state index in [0.717, 1.165) is 0 Å². The number of carboxylic acid groups (broad SMARTS) is 1. The molecule has 0 radical (unpaired) electrons. The predicted molar refractivity (Wildman–Crippen MR) is 78.9 cm³/mol. The molecule has 21 heavy (non-hydrogen) atoms. The van der Waals surface area contributed by atoms with E-state index in [2.05, 4.69) is 5.32 Å². The van der Waals surface area contributed by atoms with Gasteiger partial charge in [0, 0.05) is 31.8 Å². The third-order valence-electron chi connectivity index (χ3n) is 3.69. The van der Waals surface area contributed by atoms with Gasteiger partial charge in [0.15, 0.2) is 0 Å². The van der Waals surface area contributed by atoms with Crippen LogP contribution >= 0.6 is 11.8 Å². The molecule has 0 bridgehead atoms. The number of amides is 3. The van der Waals surface area contributed by atoms with Crippen LogP contribution in [0.2, 0.25) is 0 Å². The monoisotopic (exact) mass is 315 g/mol. The van der Waals surface area contributed by atoms with Gasteiger partial charge in [0.1, 0.15) is 6.04 Å². The van der Waals surface area contributed by atoms with E-state index in [-0.39, 0.29) is 29.7 Å². The average molecular weight is 315 g/mol. The number of aliphatic carboxylic acids is 1. The number of hydrogen-bond acceptors (Lipinski definition) is 4. The first kappa shape index (κ1) is 15.9. The van der Waals surface area contributed by atoms with E-state index in [9.17, 15) is 19.5 Å². The number of nitrogens with zero attached hydrogens (tertiary/aromatic N) is 2. The van der Waals surface area contributed by atoms with Gasteiger partial charge in [0.2, 0.25) is 5.91 Å². The van der Waals surface area contributed by atoms with Crippen LogP contribution in [0.4, 0.5) is 4.79 Å². The third kappa shape index (κ3) is 3.42. The van der Waals surface area contributed by atoms with Crippen molar-refractivity contribution in [2.75, 3.05) is 25.4 Å². The number of hydrogen-bond donors (Lipinski definition) is 2. The fraction of sp³-hybridized carbons (Fsp3) is 0.769. The Balaban J connectivity index is 2.16. The van der Waals surface area contributed by atoms with Crippen LogP contribution in [-0.2, 0) is 9.59 Å². The standard InChI is InChI=1S/C13H21N3O4S/c1-8(2)11-16(9(7-21-11)12(18)19)13(20)15-5-3-10(17)14-4-6-15/h8-9,11H,3-7H2,1-2H3,(H,14,17)(H,18,19). The molecule has 0 aromatic rings. The fourth-order valence-corrected chi connectivity index (χ4v) is 4.06. The van der Waals surface area contributed by atoms with Crippen LogP contribution in [0.5, 0.6) is 0 Å². The molecule has 0 aromatic carbocycles. The van der Waals surface area contributed by atoms with Crippen molar-refractivity contribution in [2.24, 2.45) is 5.92 Å². The SMILES string of the molecule is CC(C)C1SCC(C(=O)O)N1C(=O)N1CCNC(=O)CC1. The van der Waals surface area contributed by atoms with Crippen molar-refractivity contribution in [3.8, 4) is 0 Å². The van der Waals surface area contributed by atoms with Gasteiger partial charge in [-0.05, 0) is 5.92 Å². The first-order chi connectivity index (χ1) is 9.91. The Bertz CT molecular complexity index is 443. The van der Waals surface area contributed by atoms with Gasteiger partial charge >= 0.3 is 12.0 Å². The molecule has 7 nitrogen and oxygen atoms in total. The number of urea groups is 1. The molecule has 2 heterocycles. The molecule has 3 amide bonds. The lowest BCUT2D eigenvalue weighted by Gasteiger charge is -2.34. The highest BCUT2D eigenvalue weighted by Crippen LogP contribution is 2.35. The van der Waals surface area contributed by atoms with Crippen molar-refractivity contribution in [1.82, 2.24) is 15.1 Å². The van der Waals surface area contributed by atoms with E-state index >= 15 is 0 Å². The Morgan fingerprint density at radius 2 is 2.10 bits per heavy atom. The lowest BCUT2D eigenvalue weighted by atomic mass is 10.1. The third-order valence-corrected chi connectivity index (χ3v) is 5.32. The van der Waals surface area contributed by atoms with Crippen LogP contribution in [-0.4, -0.2) is 69.6 Å². The molecule has 2 fully saturated rings. The Kier molecular flexibility index (Phi) is 4.97. The average Bonchev–Trinajstić information content (AvgIpc) is 2.76. The molecule has 0 spiro atoms. The van der Waals surface area contributed by atoms with Crippen molar-refractivity contribution in [1.29, 1.82) is 0 Å². The topological polar surface area (TPSA) is 89.9 Å². The predicted octanol–water partition coefficient (Wildman–Crippen LogP) is 0.412. The summed E-state index contributed by atoms with van der Waals surface area (Å²) in [6.07, 6.45) is 0.261. The minimum Gasteiger partial charge on any atom is -0.480 e. The Morgan fingerprint density at radius 3 is 2.71 bits per heavy atom. The summed E-state index contributed by atoms with van der Waals surface area (Å²) in [6, 6.07) is -1.07. The number of carboxylic acids is 1. The van der Waals surface area contributed by atoms with E-state index in [1.165, 1.54) is 16.7 Å². The number of carbonyl (C=O) groups excluding carboxylic acids is 2. The molecule has 2 rings (SSSR count). The zero-order valence-electron chi connectivity index (χ0n) is 12.2. The van der Waals surface area contributed by atoms with E-state index in [1.54, 1.807) is 4.90 Å². The minimum atomic E-state index is -0.969. The second-order valence-corrected chi connectivity index (χ2v) is 6.75. The molecule has 0 aromatic heterocycles. The summed E-state index contributed by atoms with van der Waals surface area (Å²) in [5.74, 6) is -0.455. The van der Waals surface area contributed by atoms with Crippen molar-refractivity contribution in [3.05, 3.63) is 0 Å². The van der Waals surface area contributed by atoms with E-state index in [0.29, 0.717) is 25.4 Å². The second-order valence-electron chi connectivity index (χ2n) is 5.60. The number of rotatable bonds is 2. The van der Waals surface area contributed by atoms with Gasteiger partial charge < -0.3 is 15.3 Å². The van der Waals surface area contributed by atoms with Crippen LogP contribution in [0.1, 0.15) is 20.3 Å². The quantitative estimate of drug-likeness (QED) is 0.770. The van der Waals surface area contributed by atoms with Crippen LogP contribution < -0.4 is 5.32 Å². The highest BCUT2D eigenvalue weighted by atomic mass is 32.2. The summed E-state index contributed by atoms with van der Waals surface area (Å²) in [6.45, 7) is 5.13. The van der Waals surface area contributed by atoms with Gasteiger partial charge in [-0.3, -0.25) is 9.69 Å². The van der Waals surface area contributed by atoms with Crippen molar-refractivity contribution >= 4 is 29.7 Å². The Morgan fingerprint density at radius 1 is 1.38 bits per heavy atom. The summed E-state index contributed by atoms with van der Waals surface area (Å²) in [4.78, 5) is 38.5. The summed E-state index contributed by atoms with van der Waals surface area (Å²) in [5, 5.41) is 11.9. The number of nitrogens with one attached hydrogen (secondary N) is 1. The largest absolute Gasteiger partial charge is 0.480 e. The summed E-state index contributed by atoms with van der Waals surface area (Å²) in [5.41, 5.74) is 0. The lowest BCUT2D eigenvalue weighted by Crippen LogP contribution is -2.53. The normalized spacial score (nSPS) is 26.7. The maximum absolute atomic E-state index is 12.7. The van der Waals surface area contributed by atoms with Gasteiger partial charge in [0.05, 0.1) is 5.37 Å². The maximum atomic E-state index is 12.7.